The van der Waals surface area contributed by atoms with E-state index in [1.54, 1.807) is 7.11 Å². The number of rotatable bonds is 6. The predicted molar refractivity (Wildman–Crippen MR) is 94.7 cm³/mol. The number of carbonyl (C=O) groups is 1. The number of benzene rings is 2. The highest BCUT2D eigenvalue weighted by Crippen LogP contribution is 2.28. The van der Waals surface area contributed by atoms with Crippen molar-refractivity contribution in [2.45, 2.75) is 19.8 Å². The van der Waals surface area contributed by atoms with Gasteiger partial charge in [-0.25, -0.2) is 4.79 Å². The molecule has 24 heavy (non-hydrogen) atoms. The highest BCUT2D eigenvalue weighted by atomic mass is 16.5. The summed E-state index contributed by atoms with van der Waals surface area (Å²) in [6.45, 7) is 2.17. The van der Waals surface area contributed by atoms with E-state index in [2.05, 4.69) is 17.1 Å². The lowest BCUT2D eigenvalue weighted by Gasteiger charge is -2.05. The zero-order chi connectivity index (χ0) is 16.9. The predicted octanol–water partition coefficient (Wildman–Crippen LogP) is 4.14. The fourth-order valence-corrected chi connectivity index (χ4v) is 2.89. The maximum absolute atomic E-state index is 12.5. The van der Waals surface area contributed by atoms with E-state index >= 15 is 0 Å². The lowest BCUT2D eigenvalue weighted by atomic mass is 10.0. The molecule has 0 saturated carbocycles. The van der Waals surface area contributed by atoms with Crippen molar-refractivity contribution in [2.24, 2.45) is 0 Å². The van der Waals surface area contributed by atoms with Crippen LogP contribution in [0.15, 0.2) is 48.5 Å². The third-order valence-electron chi connectivity index (χ3n) is 4.07. The number of H-pyrrole nitrogens is 1. The summed E-state index contributed by atoms with van der Waals surface area (Å²) >= 11 is 0. The summed E-state index contributed by atoms with van der Waals surface area (Å²) in [5.41, 5.74) is 3.67. The number of esters is 1. The number of aryl methyl sites for hydroxylation is 2. The Morgan fingerprint density at radius 2 is 1.88 bits per heavy atom. The van der Waals surface area contributed by atoms with Gasteiger partial charge < -0.3 is 14.5 Å². The Morgan fingerprint density at radius 1 is 1.08 bits per heavy atom. The van der Waals surface area contributed by atoms with Crippen LogP contribution in [0.4, 0.5) is 0 Å². The molecule has 2 aromatic carbocycles. The first kappa shape index (κ1) is 16.1. The first-order valence-corrected chi connectivity index (χ1v) is 8.12. The Labute approximate surface area is 141 Å². The molecule has 0 unspecified atom stereocenters. The third kappa shape index (κ3) is 3.27. The van der Waals surface area contributed by atoms with E-state index in [-0.39, 0.29) is 5.97 Å². The molecule has 0 aliphatic carbocycles. The van der Waals surface area contributed by atoms with Crippen LogP contribution in [-0.4, -0.2) is 24.7 Å². The normalized spacial score (nSPS) is 10.8. The van der Waals surface area contributed by atoms with Gasteiger partial charge in [-0.1, -0.05) is 30.3 Å². The Hall–Kier alpha value is -2.75. The van der Waals surface area contributed by atoms with E-state index in [1.807, 2.05) is 43.3 Å². The van der Waals surface area contributed by atoms with Gasteiger partial charge in [0.15, 0.2) is 0 Å². The summed E-state index contributed by atoms with van der Waals surface area (Å²) in [5.74, 6) is 0.432. The van der Waals surface area contributed by atoms with Crippen molar-refractivity contribution in [3.63, 3.8) is 0 Å². The van der Waals surface area contributed by atoms with Crippen molar-refractivity contribution in [3.8, 4) is 5.75 Å². The molecule has 0 amide bonds. The summed E-state index contributed by atoms with van der Waals surface area (Å²) in [5, 5.41) is 0.843. The molecule has 124 valence electrons. The molecule has 0 aliphatic rings. The molecule has 4 heteroatoms. The number of nitrogens with one attached hydrogen (secondary N) is 1. The van der Waals surface area contributed by atoms with Crippen LogP contribution in [-0.2, 0) is 17.6 Å². The van der Waals surface area contributed by atoms with Gasteiger partial charge in [-0.15, -0.1) is 0 Å². The fraction of sp³-hybridized carbons (Fsp3) is 0.250. The molecule has 0 fully saturated rings. The van der Waals surface area contributed by atoms with Gasteiger partial charge in [0.25, 0.3) is 0 Å². The van der Waals surface area contributed by atoms with Crippen LogP contribution < -0.4 is 4.74 Å². The second-order valence-corrected chi connectivity index (χ2v) is 5.60. The minimum absolute atomic E-state index is 0.292. The molecule has 0 radical (unpaired) electrons. The van der Waals surface area contributed by atoms with Gasteiger partial charge >= 0.3 is 5.97 Å². The van der Waals surface area contributed by atoms with Crippen molar-refractivity contribution in [3.05, 3.63) is 65.4 Å². The van der Waals surface area contributed by atoms with Crippen LogP contribution in [0, 0.1) is 0 Å². The first-order chi connectivity index (χ1) is 11.7. The molecule has 0 atom stereocenters. The summed E-state index contributed by atoms with van der Waals surface area (Å²) < 4.78 is 10.6. The van der Waals surface area contributed by atoms with E-state index in [0.29, 0.717) is 12.2 Å². The van der Waals surface area contributed by atoms with E-state index in [1.165, 1.54) is 5.56 Å². The molecule has 0 aliphatic heterocycles. The highest BCUT2D eigenvalue weighted by molar-refractivity contribution is 6.06. The quantitative estimate of drug-likeness (QED) is 0.694. The Kier molecular flexibility index (Phi) is 4.85. The van der Waals surface area contributed by atoms with E-state index in [9.17, 15) is 4.79 Å². The summed E-state index contributed by atoms with van der Waals surface area (Å²) in [4.78, 5) is 15.8. The van der Waals surface area contributed by atoms with Gasteiger partial charge in [-0.3, -0.25) is 0 Å². The molecule has 0 saturated heterocycles. The average Bonchev–Trinajstić information content (AvgIpc) is 2.98. The molecule has 4 nitrogen and oxygen atoms in total. The highest BCUT2D eigenvalue weighted by Gasteiger charge is 2.20. The van der Waals surface area contributed by atoms with E-state index in [4.69, 9.17) is 9.47 Å². The van der Waals surface area contributed by atoms with Gasteiger partial charge in [0.1, 0.15) is 5.75 Å². The SMILES string of the molecule is CCOC(=O)c1c(CCc2ccccc2)[nH]c2ccc(OC)cc12. The molecular weight excluding hydrogens is 302 g/mol. The Balaban J connectivity index is 1.98. The fourth-order valence-electron chi connectivity index (χ4n) is 2.89. The molecule has 3 rings (SSSR count). The minimum Gasteiger partial charge on any atom is -0.497 e. The number of methoxy groups -OCH3 is 1. The number of ether oxygens (including phenoxy) is 2. The van der Waals surface area contributed by atoms with E-state index in [0.717, 1.165) is 35.2 Å². The number of aromatic nitrogens is 1. The van der Waals surface area contributed by atoms with Gasteiger partial charge in [0.2, 0.25) is 0 Å². The molecule has 0 bridgehead atoms. The minimum atomic E-state index is -0.292. The van der Waals surface area contributed by atoms with Crippen molar-refractivity contribution in [2.75, 3.05) is 13.7 Å². The number of carbonyl (C=O) groups excluding carboxylic acids is 1. The standard InChI is InChI=1S/C20H21NO3/c1-3-24-20(22)19-16-13-15(23-2)10-12-17(16)21-18(19)11-9-14-7-5-4-6-8-14/h4-8,10,12-13,21H,3,9,11H2,1-2H3. The van der Waals surface area contributed by atoms with Gasteiger partial charge in [-0.05, 0) is 43.5 Å². The molecule has 1 heterocycles. The average molecular weight is 323 g/mol. The van der Waals surface area contributed by atoms with Crippen LogP contribution in [0.5, 0.6) is 5.75 Å². The molecule has 3 aromatic rings. The molecule has 1 N–H and O–H groups in total. The monoisotopic (exact) mass is 323 g/mol. The topological polar surface area (TPSA) is 51.3 Å². The zero-order valence-electron chi connectivity index (χ0n) is 14.0. The van der Waals surface area contributed by atoms with Crippen LogP contribution in [0.2, 0.25) is 0 Å². The molecule has 1 aromatic heterocycles. The number of aromatic amines is 1. The summed E-state index contributed by atoms with van der Waals surface area (Å²) in [6, 6.07) is 15.9. The van der Waals surface area contributed by atoms with Crippen LogP contribution in [0.1, 0.15) is 28.5 Å². The smallest absolute Gasteiger partial charge is 0.340 e. The number of fused-ring (bicyclic) bond motifs is 1. The summed E-state index contributed by atoms with van der Waals surface area (Å²) in [7, 11) is 1.62. The molecule has 0 spiro atoms. The number of hydrogen-bond acceptors (Lipinski definition) is 3. The van der Waals surface area contributed by atoms with Gasteiger partial charge in [-0.2, -0.15) is 0 Å². The van der Waals surface area contributed by atoms with Gasteiger partial charge in [0, 0.05) is 16.6 Å². The van der Waals surface area contributed by atoms with Crippen LogP contribution in [0.25, 0.3) is 10.9 Å². The zero-order valence-corrected chi connectivity index (χ0v) is 14.0. The van der Waals surface area contributed by atoms with Crippen molar-refractivity contribution < 1.29 is 14.3 Å². The number of hydrogen-bond donors (Lipinski definition) is 1. The third-order valence-corrected chi connectivity index (χ3v) is 4.07. The van der Waals surface area contributed by atoms with Crippen LogP contribution >= 0.6 is 0 Å². The Bertz CT molecular complexity index is 837. The second kappa shape index (κ2) is 7.21. The van der Waals surface area contributed by atoms with Gasteiger partial charge in [0.05, 0.1) is 19.3 Å². The van der Waals surface area contributed by atoms with Crippen molar-refractivity contribution in [1.82, 2.24) is 4.98 Å². The summed E-state index contributed by atoms with van der Waals surface area (Å²) in [6.07, 6.45) is 1.60. The van der Waals surface area contributed by atoms with Crippen molar-refractivity contribution in [1.29, 1.82) is 0 Å². The first-order valence-electron chi connectivity index (χ1n) is 8.12. The molecular formula is C20H21NO3. The Morgan fingerprint density at radius 3 is 2.58 bits per heavy atom. The second-order valence-electron chi connectivity index (χ2n) is 5.60. The van der Waals surface area contributed by atoms with Crippen LogP contribution in [0.3, 0.4) is 0 Å². The maximum Gasteiger partial charge on any atom is 0.340 e. The maximum atomic E-state index is 12.5. The van der Waals surface area contributed by atoms with E-state index < -0.39 is 0 Å². The lowest BCUT2D eigenvalue weighted by Crippen LogP contribution is -2.08. The largest absolute Gasteiger partial charge is 0.497 e. The lowest BCUT2D eigenvalue weighted by molar-refractivity contribution is 0.0527. The van der Waals surface area contributed by atoms with Crippen molar-refractivity contribution >= 4 is 16.9 Å².